The van der Waals surface area contributed by atoms with Crippen molar-refractivity contribution in [3.8, 4) is 0 Å². The average molecular weight is 404 g/mol. The molecule has 1 atom stereocenters. The first-order valence-corrected chi connectivity index (χ1v) is 8.93. The summed E-state index contributed by atoms with van der Waals surface area (Å²) in [5, 5.41) is 2.89. The molecule has 0 saturated heterocycles. The van der Waals surface area contributed by atoms with Crippen LogP contribution in [0.4, 0.5) is 17.6 Å². The molecule has 3 aromatic rings. The van der Waals surface area contributed by atoms with Crippen LogP contribution in [0, 0.1) is 5.82 Å². The summed E-state index contributed by atoms with van der Waals surface area (Å²) in [5.74, 6) is -1.71. The highest BCUT2D eigenvalue weighted by molar-refractivity contribution is 5.92. The molecule has 2 heterocycles. The number of nitrogens with one attached hydrogen (secondary N) is 1. The fourth-order valence-corrected chi connectivity index (χ4v) is 3.45. The van der Waals surface area contributed by atoms with Crippen molar-refractivity contribution in [3.05, 3.63) is 82.9 Å². The molecule has 1 amide bonds. The number of carbonyl (C=O) groups excluding carboxylic acids is 1. The van der Waals surface area contributed by atoms with Crippen molar-refractivity contribution >= 4 is 5.91 Å². The molecular weight excluding hydrogens is 388 g/mol. The van der Waals surface area contributed by atoms with Crippen LogP contribution in [0.2, 0.25) is 0 Å². The van der Waals surface area contributed by atoms with Gasteiger partial charge in [0.1, 0.15) is 11.5 Å². The van der Waals surface area contributed by atoms with Crippen LogP contribution >= 0.6 is 0 Å². The van der Waals surface area contributed by atoms with E-state index in [-0.39, 0.29) is 29.8 Å². The summed E-state index contributed by atoms with van der Waals surface area (Å²) in [7, 11) is 0. The Morgan fingerprint density at radius 2 is 2.07 bits per heavy atom. The van der Waals surface area contributed by atoms with Gasteiger partial charge in [0.2, 0.25) is 0 Å². The lowest BCUT2D eigenvalue weighted by Crippen LogP contribution is -2.27. The second-order valence-electron chi connectivity index (χ2n) is 6.86. The molecule has 4 rings (SSSR count). The number of alkyl halides is 3. The third-order valence-electron chi connectivity index (χ3n) is 4.83. The van der Waals surface area contributed by atoms with Crippen molar-refractivity contribution in [1.29, 1.82) is 0 Å². The number of hydrogen-bond donors (Lipinski definition) is 1. The van der Waals surface area contributed by atoms with Gasteiger partial charge in [-0.05, 0) is 42.2 Å². The van der Waals surface area contributed by atoms with E-state index in [1.54, 1.807) is 6.20 Å². The first-order chi connectivity index (χ1) is 13.8. The molecule has 0 saturated carbocycles. The SMILES string of the molecule is O=C(NC1CCc2cccnc21)c1cn(Cc2ccc(F)c(C(F)(F)F)c2)cn1. The largest absolute Gasteiger partial charge is 0.419 e. The second-order valence-corrected chi connectivity index (χ2v) is 6.86. The van der Waals surface area contributed by atoms with Gasteiger partial charge in [-0.3, -0.25) is 9.78 Å². The second kappa shape index (κ2) is 7.31. The number of carbonyl (C=O) groups is 1. The molecule has 29 heavy (non-hydrogen) atoms. The van der Waals surface area contributed by atoms with Crippen LogP contribution in [-0.2, 0) is 19.1 Å². The first-order valence-electron chi connectivity index (χ1n) is 8.93. The lowest BCUT2D eigenvalue weighted by atomic mass is 10.1. The molecule has 0 bridgehead atoms. The van der Waals surface area contributed by atoms with E-state index < -0.39 is 17.6 Å². The highest BCUT2D eigenvalue weighted by atomic mass is 19.4. The number of pyridine rings is 1. The standard InChI is InChI=1S/C20H16F4N4O/c21-15-5-3-12(8-14(15)20(22,23)24)9-28-10-17(26-11-28)19(29)27-16-6-4-13-2-1-7-25-18(13)16/h1-3,5,7-8,10-11,16H,4,6,9H2,(H,27,29). The number of imidazole rings is 1. The van der Waals surface area contributed by atoms with Gasteiger partial charge in [0.15, 0.2) is 0 Å². The van der Waals surface area contributed by atoms with E-state index in [9.17, 15) is 22.4 Å². The molecule has 0 spiro atoms. The molecule has 1 aliphatic carbocycles. The molecule has 0 fully saturated rings. The maximum absolute atomic E-state index is 13.4. The van der Waals surface area contributed by atoms with Gasteiger partial charge in [0.05, 0.1) is 23.6 Å². The van der Waals surface area contributed by atoms with Gasteiger partial charge in [-0.2, -0.15) is 13.2 Å². The van der Waals surface area contributed by atoms with E-state index >= 15 is 0 Å². The highest BCUT2D eigenvalue weighted by Crippen LogP contribution is 2.32. The van der Waals surface area contributed by atoms with Crippen molar-refractivity contribution in [2.45, 2.75) is 31.6 Å². The van der Waals surface area contributed by atoms with Crippen molar-refractivity contribution < 1.29 is 22.4 Å². The lowest BCUT2D eigenvalue weighted by molar-refractivity contribution is -0.140. The molecule has 1 N–H and O–H groups in total. The maximum atomic E-state index is 13.4. The van der Waals surface area contributed by atoms with Gasteiger partial charge in [-0.25, -0.2) is 9.37 Å². The maximum Gasteiger partial charge on any atom is 0.419 e. The minimum atomic E-state index is -4.77. The number of aryl methyl sites for hydroxylation is 1. The van der Waals surface area contributed by atoms with Crippen molar-refractivity contribution in [3.63, 3.8) is 0 Å². The summed E-state index contributed by atoms with van der Waals surface area (Å²) in [6.07, 6.45) is 1.28. The Kier molecular flexibility index (Phi) is 4.81. The summed E-state index contributed by atoms with van der Waals surface area (Å²) in [6, 6.07) is 6.44. The molecule has 9 heteroatoms. The quantitative estimate of drug-likeness (QED) is 0.671. The molecule has 0 aliphatic heterocycles. The Hall–Kier alpha value is -3.23. The third kappa shape index (κ3) is 3.98. The van der Waals surface area contributed by atoms with Crippen LogP contribution in [0.5, 0.6) is 0 Å². The normalized spacial score (nSPS) is 15.9. The molecule has 1 aliphatic rings. The number of halogens is 4. The van der Waals surface area contributed by atoms with E-state index in [2.05, 4.69) is 15.3 Å². The van der Waals surface area contributed by atoms with Crippen LogP contribution in [0.25, 0.3) is 0 Å². The molecule has 1 aromatic carbocycles. The van der Waals surface area contributed by atoms with E-state index in [1.807, 2.05) is 12.1 Å². The molecule has 0 radical (unpaired) electrons. The molecule has 2 aromatic heterocycles. The topological polar surface area (TPSA) is 59.8 Å². The first kappa shape index (κ1) is 19.1. The van der Waals surface area contributed by atoms with Gasteiger partial charge >= 0.3 is 6.18 Å². The summed E-state index contributed by atoms with van der Waals surface area (Å²) in [5.41, 5.74) is 1.01. The Morgan fingerprint density at radius 1 is 1.24 bits per heavy atom. The van der Waals surface area contributed by atoms with Gasteiger partial charge in [0, 0.05) is 18.9 Å². The minimum absolute atomic E-state index is 0.0253. The summed E-state index contributed by atoms with van der Waals surface area (Å²) < 4.78 is 53.5. The smallest absolute Gasteiger partial charge is 0.342 e. The zero-order chi connectivity index (χ0) is 20.6. The fraction of sp³-hybridized carbons (Fsp3) is 0.250. The number of fused-ring (bicyclic) bond motifs is 1. The molecule has 1 unspecified atom stereocenters. The van der Waals surface area contributed by atoms with Gasteiger partial charge in [-0.15, -0.1) is 0 Å². The molecule has 5 nitrogen and oxygen atoms in total. The van der Waals surface area contributed by atoms with Crippen molar-refractivity contribution in [2.75, 3.05) is 0 Å². The predicted octanol–water partition coefficient (Wildman–Crippen LogP) is 3.90. The van der Waals surface area contributed by atoms with E-state index in [0.29, 0.717) is 0 Å². The summed E-state index contributed by atoms with van der Waals surface area (Å²) >= 11 is 0. The van der Waals surface area contributed by atoms with Crippen LogP contribution in [-0.4, -0.2) is 20.4 Å². The zero-order valence-corrected chi connectivity index (χ0v) is 15.1. The van der Waals surface area contributed by atoms with Gasteiger partial charge in [0.25, 0.3) is 5.91 Å². The van der Waals surface area contributed by atoms with Crippen LogP contribution in [0.1, 0.15) is 45.3 Å². The fourth-order valence-electron chi connectivity index (χ4n) is 3.45. The van der Waals surface area contributed by atoms with Crippen LogP contribution < -0.4 is 5.32 Å². The number of nitrogens with zero attached hydrogens (tertiary/aromatic N) is 3. The van der Waals surface area contributed by atoms with Gasteiger partial charge in [-0.1, -0.05) is 12.1 Å². The summed E-state index contributed by atoms with van der Waals surface area (Å²) in [6.45, 7) is 0.0253. The van der Waals surface area contributed by atoms with Crippen LogP contribution in [0.3, 0.4) is 0 Å². The number of amides is 1. The van der Waals surface area contributed by atoms with E-state index in [4.69, 9.17) is 0 Å². The molecule has 150 valence electrons. The third-order valence-corrected chi connectivity index (χ3v) is 4.83. The van der Waals surface area contributed by atoms with E-state index in [1.165, 1.54) is 23.2 Å². The monoisotopic (exact) mass is 404 g/mol. The summed E-state index contributed by atoms with van der Waals surface area (Å²) in [4.78, 5) is 20.8. The number of benzene rings is 1. The Bertz CT molecular complexity index is 1060. The van der Waals surface area contributed by atoms with Crippen LogP contribution in [0.15, 0.2) is 49.1 Å². The van der Waals surface area contributed by atoms with Crippen molar-refractivity contribution in [2.24, 2.45) is 0 Å². The lowest BCUT2D eigenvalue weighted by Gasteiger charge is -2.12. The Balaban J connectivity index is 1.46. The zero-order valence-electron chi connectivity index (χ0n) is 15.1. The number of rotatable bonds is 4. The number of hydrogen-bond acceptors (Lipinski definition) is 3. The number of aromatic nitrogens is 3. The Labute approximate surface area is 163 Å². The Morgan fingerprint density at radius 3 is 2.86 bits per heavy atom. The highest BCUT2D eigenvalue weighted by Gasteiger charge is 2.34. The van der Waals surface area contributed by atoms with Crippen molar-refractivity contribution in [1.82, 2.24) is 19.9 Å². The average Bonchev–Trinajstić information content (AvgIpc) is 3.30. The van der Waals surface area contributed by atoms with E-state index in [0.717, 1.165) is 36.2 Å². The minimum Gasteiger partial charge on any atom is -0.342 e. The predicted molar refractivity (Wildman–Crippen MR) is 95.5 cm³/mol. The van der Waals surface area contributed by atoms with Gasteiger partial charge < -0.3 is 9.88 Å². The molecular formula is C20H16F4N4O.